The summed E-state index contributed by atoms with van der Waals surface area (Å²) in [4.78, 5) is 14.7. The molecule has 0 unspecified atom stereocenters. The largest absolute Gasteiger partial charge is 0.380 e. The number of halogens is 1. The van der Waals surface area contributed by atoms with Gasteiger partial charge >= 0.3 is 0 Å². The Labute approximate surface area is 148 Å². The van der Waals surface area contributed by atoms with E-state index in [1.807, 2.05) is 4.90 Å². The third-order valence-electron chi connectivity index (χ3n) is 5.79. The number of hydrogen-bond acceptors (Lipinski definition) is 3. The van der Waals surface area contributed by atoms with E-state index in [9.17, 15) is 9.18 Å². The molecule has 4 rings (SSSR count). The maximum absolute atomic E-state index is 13.5. The molecule has 1 aliphatic carbocycles. The first-order chi connectivity index (χ1) is 12.2. The van der Waals surface area contributed by atoms with E-state index >= 15 is 0 Å². The number of fused-ring (bicyclic) bond motifs is 1. The van der Waals surface area contributed by atoms with E-state index < -0.39 is 0 Å². The predicted octanol–water partition coefficient (Wildman–Crippen LogP) is 3.26. The molecular weight excluding hydrogens is 321 g/mol. The summed E-state index contributed by atoms with van der Waals surface area (Å²) in [6, 6.07) is 5.96. The number of benzene rings is 1. The molecule has 4 nitrogen and oxygen atoms in total. The van der Waals surface area contributed by atoms with E-state index in [4.69, 9.17) is 9.47 Å². The number of ether oxygens (including phenoxy) is 2. The highest BCUT2D eigenvalue weighted by Gasteiger charge is 2.47. The minimum atomic E-state index is -0.371. The first kappa shape index (κ1) is 17.0. The summed E-state index contributed by atoms with van der Waals surface area (Å²) in [7, 11) is 0. The van der Waals surface area contributed by atoms with Crippen LogP contribution in [-0.2, 0) is 9.47 Å². The van der Waals surface area contributed by atoms with Crippen LogP contribution in [0.5, 0.6) is 0 Å². The number of likely N-dealkylation sites (tertiary alicyclic amines) is 1. The van der Waals surface area contributed by atoms with E-state index in [1.54, 1.807) is 12.1 Å². The van der Waals surface area contributed by atoms with Crippen LogP contribution in [0.3, 0.4) is 0 Å². The van der Waals surface area contributed by atoms with Gasteiger partial charge in [-0.3, -0.25) is 4.79 Å². The molecule has 0 spiro atoms. The molecule has 0 radical (unpaired) electrons. The Morgan fingerprint density at radius 1 is 1.36 bits per heavy atom. The van der Waals surface area contributed by atoms with Crippen molar-refractivity contribution in [2.45, 2.75) is 38.2 Å². The average Bonchev–Trinajstić information content (AvgIpc) is 3.45. The van der Waals surface area contributed by atoms with Gasteiger partial charge in [0.1, 0.15) is 5.82 Å². The second-order valence-corrected chi connectivity index (χ2v) is 7.81. The van der Waals surface area contributed by atoms with Crippen molar-refractivity contribution in [1.29, 1.82) is 0 Å². The molecule has 1 amide bonds. The highest BCUT2D eigenvalue weighted by Crippen LogP contribution is 2.41. The fourth-order valence-electron chi connectivity index (χ4n) is 4.19. The lowest BCUT2D eigenvalue weighted by molar-refractivity contribution is -0.147. The number of hydrogen-bond donors (Lipinski definition) is 0. The van der Waals surface area contributed by atoms with Crippen LogP contribution >= 0.6 is 0 Å². The van der Waals surface area contributed by atoms with Crippen molar-refractivity contribution in [2.24, 2.45) is 11.3 Å². The number of carbonyl (C=O) groups is 1. The molecule has 2 atom stereocenters. The Balaban J connectivity index is 1.47. The van der Waals surface area contributed by atoms with Gasteiger partial charge in [0, 0.05) is 37.3 Å². The molecule has 2 saturated heterocycles. The molecule has 3 fully saturated rings. The second kappa shape index (κ2) is 7.04. The van der Waals surface area contributed by atoms with Crippen LogP contribution in [0.25, 0.3) is 0 Å². The molecule has 0 bridgehead atoms. The van der Waals surface area contributed by atoms with Gasteiger partial charge in [0.05, 0.1) is 12.7 Å². The normalized spacial score (nSPS) is 29.3. The van der Waals surface area contributed by atoms with E-state index in [2.05, 4.69) is 0 Å². The van der Waals surface area contributed by atoms with Gasteiger partial charge in [0.2, 0.25) is 0 Å². The minimum absolute atomic E-state index is 0.0925. The molecule has 1 aromatic carbocycles. The maximum Gasteiger partial charge on any atom is 0.253 e. The summed E-state index contributed by atoms with van der Waals surface area (Å²) >= 11 is 0. The summed E-state index contributed by atoms with van der Waals surface area (Å²) in [5.74, 6) is 0.266. The van der Waals surface area contributed by atoms with Gasteiger partial charge in [-0.2, -0.15) is 0 Å². The lowest BCUT2D eigenvalue weighted by Gasteiger charge is -2.50. The van der Waals surface area contributed by atoms with Gasteiger partial charge in [-0.1, -0.05) is 6.07 Å². The monoisotopic (exact) mass is 347 g/mol. The van der Waals surface area contributed by atoms with Crippen molar-refractivity contribution in [1.82, 2.24) is 4.90 Å². The highest BCUT2D eigenvalue weighted by molar-refractivity contribution is 5.94. The number of carbonyl (C=O) groups excluding carboxylic acids is 1. The van der Waals surface area contributed by atoms with Crippen LogP contribution in [0.15, 0.2) is 24.3 Å². The van der Waals surface area contributed by atoms with Crippen molar-refractivity contribution < 1.29 is 18.7 Å². The van der Waals surface area contributed by atoms with Crippen molar-refractivity contribution >= 4 is 5.91 Å². The molecule has 1 saturated carbocycles. The molecule has 136 valence electrons. The van der Waals surface area contributed by atoms with Crippen LogP contribution in [0, 0.1) is 17.2 Å². The summed E-state index contributed by atoms with van der Waals surface area (Å²) < 4.78 is 25.5. The number of nitrogens with zero attached hydrogens (tertiary/aromatic N) is 1. The van der Waals surface area contributed by atoms with Crippen LogP contribution < -0.4 is 0 Å². The van der Waals surface area contributed by atoms with Gasteiger partial charge < -0.3 is 14.4 Å². The van der Waals surface area contributed by atoms with Crippen LogP contribution in [0.4, 0.5) is 4.39 Å². The number of amides is 1. The van der Waals surface area contributed by atoms with E-state index in [1.165, 1.54) is 25.0 Å². The third-order valence-corrected chi connectivity index (χ3v) is 5.79. The molecule has 5 heteroatoms. The van der Waals surface area contributed by atoms with E-state index in [-0.39, 0.29) is 23.2 Å². The van der Waals surface area contributed by atoms with Crippen LogP contribution in [0.2, 0.25) is 0 Å². The van der Waals surface area contributed by atoms with Gasteiger partial charge in [-0.05, 0) is 56.2 Å². The molecule has 3 aliphatic rings. The first-order valence-corrected chi connectivity index (χ1v) is 9.40. The Kier molecular flexibility index (Phi) is 4.78. The Hall–Kier alpha value is -1.46. The minimum Gasteiger partial charge on any atom is -0.380 e. The molecule has 0 N–H and O–H groups in total. The van der Waals surface area contributed by atoms with Crippen molar-refractivity contribution in [3.63, 3.8) is 0 Å². The smallest absolute Gasteiger partial charge is 0.253 e. The highest BCUT2D eigenvalue weighted by atomic mass is 19.1. The molecule has 1 aromatic rings. The van der Waals surface area contributed by atoms with E-state index in [0.29, 0.717) is 25.3 Å². The average molecular weight is 347 g/mol. The van der Waals surface area contributed by atoms with Crippen molar-refractivity contribution in [3.05, 3.63) is 35.6 Å². The number of piperidine rings is 1. The first-order valence-electron chi connectivity index (χ1n) is 9.40. The van der Waals surface area contributed by atoms with Gasteiger partial charge in [0.15, 0.2) is 0 Å². The Bertz CT molecular complexity index is 633. The quantitative estimate of drug-likeness (QED) is 0.821. The Morgan fingerprint density at radius 2 is 2.24 bits per heavy atom. The fraction of sp³-hybridized carbons (Fsp3) is 0.650. The third kappa shape index (κ3) is 3.72. The van der Waals surface area contributed by atoms with Gasteiger partial charge in [-0.25, -0.2) is 4.39 Å². The van der Waals surface area contributed by atoms with Gasteiger partial charge in [0.25, 0.3) is 5.91 Å². The lowest BCUT2D eigenvalue weighted by Crippen LogP contribution is -2.58. The second-order valence-electron chi connectivity index (χ2n) is 7.81. The SMILES string of the molecule is O=C(c1cccc(F)c1)N1CC[C@@H]2OCCC[C@]2(COCC2CC2)C1. The standard InChI is InChI=1S/C20H26FNO3/c21-17-4-1-3-16(11-17)19(23)22-9-7-18-20(13-22,8-2-10-25-18)14-24-12-15-5-6-15/h1,3-4,11,15,18H,2,5-10,12-14H2/t18-,20+/m0/s1. The van der Waals surface area contributed by atoms with Crippen LogP contribution in [0.1, 0.15) is 42.5 Å². The zero-order valence-corrected chi connectivity index (χ0v) is 14.6. The molecule has 2 heterocycles. The summed E-state index contributed by atoms with van der Waals surface area (Å²) in [6.07, 6.45) is 5.57. The molecule has 2 aliphatic heterocycles. The lowest BCUT2D eigenvalue weighted by atomic mass is 9.73. The summed E-state index contributed by atoms with van der Waals surface area (Å²) in [5, 5.41) is 0. The molecule has 0 aromatic heterocycles. The zero-order chi connectivity index (χ0) is 17.3. The van der Waals surface area contributed by atoms with Crippen LogP contribution in [-0.4, -0.2) is 49.8 Å². The van der Waals surface area contributed by atoms with Crippen molar-refractivity contribution in [3.8, 4) is 0 Å². The van der Waals surface area contributed by atoms with Gasteiger partial charge in [-0.15, -0.1) is 0 Å². The Morgan fingerprint density at radius 3 is 3.04 bits per heavy atom. The summed E-state index contributed by atoms with van der Waals surface area (Å²) in [6.45, 7) is 3.57. The van der Waals surface area contributed by atoms with E-state index in [0.717, 1.165) is 38.4 Å². The molecular formula is C20H26FNO3. The zero-order valence-electron chi connectivity index (χ0n) is 14.6. The fourth-order valence-corrected chi connectivity index (χ4v) is 4.19. The summed E-state index contributed by atoms with van der Waals surface area (Å²) in [5.41, 5.74) is 0.304. The predicted molar refractivity (Wildman–Crippen MR) is 91.9 cm³/mol. The molecule has 25 heavy (non-hydrogen) atoms. The topological polar surface area (TPSA) is 38.8 Å². The van der Waals surface area contributed by atoms with Crippen molar-refractivity contribution in [2.75, 3.05) is 32.9 Å². The number of rotatable bonds is 5. The maximum atomic E-state index is 13.5.